The van der Waals surface area contributed by atoms with Crippen LogP contribution in [0.1, 0.15) is 17.3 Å². The Balaban J connectivity index is 2.81. The van der Waals surface area contributed by atoms with Gasteiger partial charge < -0.3 is 15.8 Å². The third kappa shape index (κ3) is 3.21. The summed E-state index contributed by atoms with van der Waals surface area (Å²) in [4.78, 5) is 15.2. The van der Waals surface area contributed by atoms with E-state index < -0.39 is 5.97 Å². The van der Waals surface area contributed by atoms with Gasteiger partial charge in [-0.25, -0.2) is 4.79 Å². The summed E-state index contributed by atoms with van der Waals surface area (Å²) >= 11 is 0. The molecule has 1 heterocycles. The number of pyridine rings is 1. The Morgan fingerprint density at radius 2 is 2.47 bits per heavy atom. The molecule has 15 heavy (non-hydrogen) atoms. The number of nitrogens with zero attached hydrogens (tertiary/aromatic N) is 1. The van der Waals surface area contributed by atoms with Gasteiger partial charge in [0, 0.05) is 25.0 Å². The average Bonchev–Trinajstić information content (AvgIpc) is 2.25. The van der Waals surface area contributed by atoms with Gasteiger partial charge in [-0.2, -0.15) is 0 Å². The molecule has 0 saturated heterocycles. The van der Waals surface area contributed by atoms with E-state index in [1.54, 1.807) is 12.3 Å². The minimum atomic E-state index is -0.407. The SMILES string of the molecule is COC(=O)c1cnccc1NCC(C)N. The van der Waals surface area contributed by atoms with Crippen LogP contribution in [-0.2, 0) is 4.74 Å². The molecule has 1 unspecified atom stereocenters. The van der Waals surface area contributed by atoms with Gasteiger partial charge in [-0.1, -0.05) is 0 Å². The van der Waals surface area contributed by atoms with Crippen molar-refractivity contribution in [3.05, 3.63) is 24.0 Å². The van der Waals surface area contributed by atoms with Crippen LogP contribution in [0.5, 0.6) is 0 Å². The predicted octanol–water partition coefficient (Wildman–Crippen LogP) is 0.627. The van der Waals surface area contributed by atoms with Gasteiger partial charge >= 0.3 is 5.97 Å². The number of hydrogen-bond donors (Lipinski definition) is 2. The van der Waals surface area contributed by atoms with Gasteiger partial charge in [-0.3, -0.25) is 4.98 Å². The molecule has 0 aromatic carbocycles. The van der Waals surface area contributed by atoms with Crippen LogP contribution in [0.25, 0.3) is 0 Å². The molecule has 1 aromatic heterocycles. The molecule has 1 aromatic rings. The molecular formula is C10H15N3O2. The van der Waals surface area contributed by atoms with E-state index in [4.69, 9.17) is 5.73 Å². The maximum Gasteiger partial charge on any atom is 0.341 e. The molecule has 1 atom stereocenters. The Bertz CT molecular complexity index is 339. The van der Waals surface area contributed by atoms with E-state index in [0.29, 0.717) is 17.8 Å². The summed E-state index contributed by atoms with van der Waals surface area (Å²) in [5.41, 5.74) is 6.71. The molecule has 82 valence electrons. The smallest absolute Gasteiger partial charge is 0.341 e. The topological polar surface area (TPSA) is 77.2 Å². The number of ether oxygens (including phenoxy) is 1. The Hall–Kier alpha value is -1.62. The molecular weight excluding hydrogens is 194 g/mol. The summed E-state index contributed by atoms with van der Waals surface area (Å²) in [6.07, 6.45) is 3.07. The molecule has 0 aliphatic rings. The second-order valence-electron chi connectivity index (χ2n) is 3.27. The van der Waals surface area contributed by atoms with Crippen LogP contribution in [-0.4, -0.2) is 30.6 Å². The van der Waals surface area contributed by atoms with Gasteiger partial charge in [-0.05, 0) is 13.0 Å². The third-order valence-electron chi connectivity index (χ3n) is 1.84. The summed E-state index contributed by atoms with van der Waals surface area (Å²) in [7, 11) is 1.34. The number of hydrogen-bond acceptors (Lipinski definition) is 5. The Labute approximate surface area is 88.6 Å². The molecule has 0 saturated carbocycles. The highest BCUT2D eigenvalue weighted by Crippen LogP contribution is 2.14. The summed E-state index contributed by atoms with van der Waals surface area (Å²) in [6, 6.07) is 1.73. The second-order valence-corrected chi connectivity index (χ2v) is 3.27. The van der Waals surface area contributed by atoms with Gasteiger partial charge in [0.2, 0.25) is 0 Å². The predicted molar refractivity (Wildman–Crippen MR) is 57.7 cm³/mol. The van der Waals surface area contributed by atoms with E-state index in [-0.39, 0.29) is 6.04 Å². The van der Waals surface area contributed by atoms with Crippen molar-refractivity contribution in [2.75, 3.05) is 19.0 Å². The van der Waals surface area contributed by atoms with Crippen LogP contribution in [0.4, 0.5) is 5.69 Å². The lowest BCUT2D eigenvalue weighted by atomic mass is 10.2. The molecule has 0 bridgehead atoms. The molecule has 0 aliphatic carbocycles. The van der Waals surface area contributed by atoms with Gasteiger partial charge in [-0.15, -0.1) is 0 Å². The number of nitrogens with one attached hydrogen (secondary N) is 1. The molecule has 5 heteroatoms. The van der Waals surface area contributed by atoms with Crippen LogP contribution in [0.3, 0.4) is 0 Å². The highest BCUT2D eigenvalue weighted by Gasteiger charge is 2.11. The highest BCUT2D eigenvalue weighted by atomic mass is 16.5. The van der Waals surface area contributed by atoms with Crippen molar-refractivity contribution in [2.45, 2.75) is 13.0 Å². The lowest BCUT2D eigenvalue weighted by molar-refractivity contribution is 0.0601. The van der Waals surface area contributed by atoms with E-state index in [2.05, 4.69) is 15.0 Å². The largest absolute Gasteiger partial charge is 0.465 e. The van der Waals surface area contributed by atoms with Gasteiger partial charge in [0.15, 0.2) is 0 Å². The van der Waals surface area contributed by atoms with E-state index in [0.717, 1.165) is 0 Å². The van der Waals surface area contributed by atoms with Crippen molar-refractivity contribution in [1.82, 2.24) is 4.98 Å². The lowest BCUT2D eigenvalue weighted by Gasteiger charge is -2.11. The Morgan fingerprint density at radius 3 is 3.07 bits per heavy atom. The maximum atomic E-state index is 11.3. The van der Waals surface area contributed by atoms with Crippen LogP contribution in [0.2, 0.25) is 0 Å². The maximum absolute atomic E-state index is 11.3. The number of nitrogens with two attached hydrogens (primary N) is 1. The van der Waals surface area contributed by atoms with Gasteiger partial charge in [0.25, 0.3) is 0 Å². The number of methoxy groups -OCH3 is 1. The lowest BCUT2D eigenvalue weighted by Crippen LogP contribution is -2.26. The summed E-state index contributed by atoms with van der Waals surface area (Å²) in [5, 5.41) is 3.06. The highest BCUT2D eigenvalue weighted by molar-refractivity contribution is 5.95. The minimum absolute atomic E-state index is 0.0173. The summed E-state index contributed by atoms with van der Waals surface area (Å²) < 4.78 is 4.63. The molecule has 5 nitrogen and oxygen atoms in total. The van der Waals surface area contributed by atoms with Crippen LogP contribution in [0, 0.1) is 0 Å². The molecule has 0 radical (unpaired) electrons. The van der Waals surface area contributed by atoms with E-state index in [1.165, 1.54) is 13.3 Å². The first kappa shape index (κ1) is 11.5. The van der Waals surface area contributed by atoms with Crippen molar-refractivity contribution in [2.24, 2.45) is 5.73 Å². The number of carbonyl (C=O) groups excluding carboxylic acids is 1. The van der Waals surface area contributed by atoms with Crippen molar-refractivity contribution >= 4 is 11.7 Å². The third-order valence-corrected chi connectivity index (χ3v) is 1.84. The molecule has 3 N–H and O–H groups in total. The number of anilines is 1. The summed E-state index contributed by atoms with van der Waals surface area (Å²) in [5.74, 6) is -0.407. The van der Waals surface area contributed by atoms with Crippen LogP contribution >= 0.6 is 0 Å². The fraction of sp³-hybridized carbons (Fsp3) is 0.400. The van der Waals surface area contributed by atoms with Gasteiger partial charge in [0.1, 0.15) is 5.56 Å². The van der Waals surface area contributed by atoms with Crippen molar-refractivity contribution in [3.63, 3.8) is 0 Å². The van der Waals surface area contributed by atoms with Crippen LogP contribution in [0.15, 0.2) is 18.5 Å². The summed E-state index contributed by atoms with van der Waals surface area (Å²) in [6.45, 7) is 2.47. The number of aromatic nitrogens is 1. The Kier molecular flexibility index (Phi) is 4.05. The van der Waals surface area contributed by atoms with E-state index in [9.17, 15) is 4.79 Å². The van der Waals surface area contributed by atoms with E-state index in [1.807, 2.05) is 6.92 Å². The fourth-order valence-electron chi connectivity index (χ4n) is 1.09. The standard InChI is InChI=1S/C10H15N3O2/c1-7(11)5-13-9-3-4-12-6-8(9)10(14)15-2/h3-4,6-7H,5,11H2,1-2H3,(H,12,13). The second kappa shape index (κ2) is 5.31. The number of rotatable bonds is 4. The van der Waals surface area contributed by atoms with Gasteiger partial charge in [0.05, 0.1) is 12.8 Å². The molecule has 0 fully saturated rings. The normalized spacial score (nSPS) is 11.9. The first-order valence-corrected chi connectivity index (χ1v) is 4.67. The van der Waals surface area contributed by atoms with Crippen molar-refractivity contribution < 1.29 is 9.53 Å². The number of esters is 1. The van der Waals surface area contributed by atoms with Crippen LogP contribution < -0.4 is 11.1 Å². The Morgan fingerprint density at radius 1 is 1.73 bits per heavy atom. The fourth-order valence-corrected chi connectivity index (χ4v) is 1.09. The quantitative estimate of drug-likeness (QED) is 0.711. The molecule has 1 rings (SSSR count). The average molecular weight is 209 g/mol. The van der Waals surface area contributed by atoms with Crippen molar-refractivity contribution in [3.8, 4) is 0 Å². The molecule has 0 amide bonds. The zero-order valence-electron chi connectivity index (χ0n) is 8.86. The molecule has 0 spiro atoms. The molecule has 0 aliphatic heterocycles. The monoisotopic (exact) mass is 209 g/mol. The zero-order chi connectivity index (χ0) is 11.3. The van der Waals surface area contributed by atoms with Crippen molar-refractivity contribution in [1.29, 1.82) is 0 Å². The minimum Gasteiger partial charge on any atom is -0.465 e. The first-order chi connectivity index (χ1) is 7.15. The first-order valence-electron chi connectivity index (χ1n) is 4.67. The number of carbonyl (C=O) groups is 1. The zero-order valence-corrected chi connectivity index (χ0v) is 8.86. The van der Waals surface area contributed by atoms with E-state index >= 15 is 0 Å².